The lowest BCUT2D eigenvalue weighted by atomic mass is 10.1. The molecule has 0 aliphatic heterocycles. The van der Waals surface area contributed by atoms with E-state index in [9.17, 15) is 13.2 Å². The second-order valence-corrected chi connectivity index (χ2v) is 7.51. The normalized spacial score (nSPS) is 16.1. The molecule has 0 atom stereocenters. The first-order chi connectivity index (χ1) is 9.79. The lowest BCUT2D eigenvalue weighted by Gasteiger charge is -2.12. The summed E-state index contributed by atoms with van der Waals surface area (Å²) in [6.45, 7) is 0.558. The van der Waals surface area contributed by atoms with Crippen LogP contribution in [-0.2, 0) is 10.0 Å². The maximum Gasteiger partial charge on any atom is 0.252 e. The van der Waals surface area contributed by atoms with Gasteiger partial charge in [0.25, 0.3) is 5.91 Å². The summed E-state index contributed by atoms with van der Waals surface area (Å²) < 4.78 is 22.9. The molecule has 1 fully saturated rings. The van der Waals surface area contributed by atoms with Gasteiger partial charge < -0.3 is 5.32 Å². The fourth-order valence-electron chi connectivity index (χ4n) is 2.47. The van der Waals surface area contributed by atoms with E-state index in [4.69, 9.17) is 28.3 Å². The fourth-order valence-corrected chi connectivity index (χ4v) is 3.87. The summed E-state index contributed by atoms with van der Waals surface area (Å²) in [5.41, 5.74) is 0.0584. The number of benzene rings is 1. The molecular weight excluding hydrogens is 335 g/mol. The second kappa shape index (κ2) is 6.52. The molecule has 1 amide bonds. The summed E-state index contributed by atoms with van der Waals surface area (Å²) in [6.07, 6.45) is 4.55. The summed E-state index contributed by atoms with van der Waals surface area (Å²) in [5, 5.41) is 7.83. The molecule has 5 nitrogen and oxygen atoms in total. The molecule has 0 saturated heterocycles. The van der Waals surface area contributed by atoms with Gasteiger partial charge in [0, 0.05) is 6.54 Å². The first-order valence-corrected chi connectivity index (χ1v) is 8.89. The molecule has 1 aliphatic rings. The number of hydrogen-bond donors (Lipinski definition) is 2. The number of rotatable bonds is 4. The van der Waals surface area contributed by atoms with E-state index in [2.05, 4.69) is 5.32 Å². The van der Waals surface area contributed by atoms with Crippen molar-refractivity contribution in [2.75, 3.05) is 6.54 Å². The number of nitrogens with two attached hydrogens (primary N) is 1. The molecule has 0 bridgehead atoms. The largest absolute Gasteiger partial charge is 0.352 e. The van der Waals surface area contributed by atoms with Gasteiger partial charge in [-0.15, -0.1) is 0 Å². The van der Waals surface area contributed by atoms with Crippen molar-refractivity contribution in [1.29, 1.82) is 0 Å². The number of halogens is 2. The van der Waals surface area contributed by atoms with Gasteiger partial charge in [-0.05, 0) is 30.9 Å². The third-order valence-corrected chi connectivity index (χ3v) is 5.29. The smallest absolute Gasteiger partial charge is 0.252 e. The maximum absolute atomic E-state index is 12.1. The van der Waals surface area contributed by atoms with Gasteiger partial charge in [-0.2, -0.15) is 0 Å². The van der Waals surface area contributed by atoms with Gasteiger partial charge in [0.1, 0.15) is 4.90 Å². The SMILES string of the molecule is NS(=O)(=O)c1cc(C(=O)NCC2CCCC2)c(Cl)cc1Cl. The van der Waals surface area contributed by atoms with E-state index in [1.807, 2.05) is 0 Å². The summed E-state index contributed by atoms with van der Waals surface area (Å²) in [7, 11) is -4.01. The first kappa shape index (κ1) is 16.5. The molecule has 8 heteroatoms. The van der Waals surface area contributed by atoms with Crippen molar-refractivity contribution in [3.8, 4) is 0 Å². The molecule has 2 rings (SSSR count). The Kier molecular flexibility index (Phi) is 5.14. The molecule has 1 aliphatic carbocycles. The minimum absolute atomic E-state index is 0.0584. The topological polar surface area (TPSA) is 89.3 Å². The van der Waals surface area contributed by atoms with Crippen LogP contribution in [0.2, 0.25) is 10.0 Å². The van der Waals surface area contributed by atoms with Gasteiger partial charge in [-0.3, -0.25) is 4.79 Å². The Balaban J connectivity index is 2.20. The van der Waals surface area contributed by atoms with Crippen LogP contribution in [0.25, 0.3) is 0 Å². The van der Waals surface area contributed by atoms with Gasteiger partial charge in [-0.25, -0.2) is 13.6 Å². The highest BCUT2D eigenvalue weighted by Gasteiger charge is 2.21. The number of nitrogens with one attached hydrogen (secondary N) is 1. The average Bonchev–Trinajstić information content (AvgIpc) is 2.87. The highest BCUT2D eigenvalue weighted by Crippen LogP contribution is 2.28. The number of carbonyl (C=O) groups is 1. The third-order valence-electron chi connectivity index (χ3n) is 3.60. The summed E-state index contributed by atoms with van der Waals surface area (Å²) >= 11 is 11.8. The Bertz CT molecular complexity index is 656. The highest BCUT2D eigenvalue weighted by molar-refractivity contribution is 7.89. The van der Waals surface area contributed by atoms with E-state index in [1.54, 1.807) is 0 Å². The molecule has 0 heterocycles. The van der Waals surface area contributed by atoms with Crippen LogP contribution in [0.15, 0.2) is 17.0 Å². The number of carbonyl (C=O) groups excluding carboxylic acids is 1. The van der Waals surface area contributed by atoms with E-state index in [0.29, 0.717) is 12.5 Å². The zero-order valence-electron chi connectivity index (χ0n) is 11.2. The lowest BCUT2D eigenvalue weighted by Crippen LogP contribution is -2.29. The zero-order chi connectivity index (χ0) is 15.6. The van der Waals surface area contributed by atoms with E-state index in [-0.39, 0.29) is 20.5 Å². The molecule has 116 valence electrons. The van der Waals surface area contributed by atoms with Gasteiger partial charge in [0.2, 0.25) is 10.0 Å². The van der Waals surface area contributed by atoms with Gasteiger partial charge in [0.15, 0.2) is 0 Å². The summed E-state index contributed by atoms with van der Waals surface area (Å²) in [5.74, 6) is 0.0474. The molecule has 0 radical (unpaired) electrons. The van der Waals surface area contributed by atoms with Gasteiger partial charge in [-0.1, -0.05) is 36.0 Å². The maximum atomic E-state index is 12.1. The second-order valence-electron chi connectivity index (χ2n) is 5.17. The predicted molar refractivity (Wildman–Crippen MR) is 82.1 cm³/mol. The van der Waals surface area contributed by atoms with E-state index in [1.165, 1.54) is 18.9 Å². The molecule has 0 aromatic heterocycles. The monoisotopic (exact) mass is 350 g/mol. The Hall–Kier alpha value is -0.820. The van der Waals surface area contributed by atoms with Crippen molar-refractivity contribution in [1.82, 2.24) is 5.32 Å². The average molecular weight is 351 g/mol. The van der Waals surface area contributed by atoms with Crippen LogP contribution >= 0.6 is 23.2 Å². The van der Waals surface area contributed by atoms with Crippen LogP contribution < -0.4 is 10.5 Å². The van der Waals surface area contributed by atoms with E-state index in [0.717, 1.165) is 18.9 Å². The molecule has 1 aromatic rings. The standard InChI is InChI=1S/C13H16Cl2N2O3S/c14-10-6-11(15)12(21(16,19)20)5-9(10)13(18)17-7-8-3-1-2-4-8/h5-6,8H,1-4,7H2,(H,17,18)(H2,16,19,20). The summed E-state index contributed by atoms with van der Waals surface area (Å²) in [6, 6.07) is 2.33. The Morgan fingerprint density at radius 2 is 1.86 bits per heavy atom. The van der Waals surface area contributed by atoms with Gasteiger partial charge >= 0.3 is 0 Å². The van der Waals surface area contributed by atoms with Crippen molar-refractivity contribution in [2.24, 2.45) is 11.1 Å². The van der Waals surface area contributed by atoms with E-state index < -0.39 is 15.9 Å². The Morgan fingerprint density at radius 1 is 1.24 bits per heavy atom. The third kappa shape index (κ3) is 4.10. The quantitative estimate of drug-likeness (QED) is 0.874. The molecular formula is C13H16Cl2N2O3S. The highest BCUT2D eigenvalue weighted by atomic mass is 35.5. The molecule has 0 unspecified atom stereocenters. The number of sulfonamides is 1. The zero-order valence-corrected chi connectivity index (χ0v) is 13.6. The van der Waals surface area contributed by atoms with Crippen LogP contribution in [0.4, 0.5) is 0 Å². The molecule has 3 N–H and O–H groups in total. The number of amides is 1. The van der Waals surface area contributed by atoms with Crippen molar-refractivity contribution >= 4 is 39.1 Å². The van der Waals surface area contributed by atoms with Crippen LogP contribution in [0.5, 0.6) is 0 Å². The van der Waals surface area contributed by atoms with Crippen molar-refractivity contribution in [3.63, 3.8) is 0 Å². The number of hydrogen-bond acceptors (Lipinski definition) is 3. The summed E-state index contributed by atoms with van der Waals surface area (Å²) in [4.78, 5) is 11.8. The first-order valence-electron chi connectivity index (χ1n) is 6.59. The Labute approximate surface area is 133 Å². The van der Waals surface area contributed by atoms with Crippen molar-refractivity contribution in [2.45, 2.75) is 30.6 Å². The van der Waals surface area contributed by atoms with Crippen LogP contribution in [0.3, 0.4) is 0 Å². The Morgan fingerprint density at radius 3 is 2.43 bits per heavy atom. The predicted octanol–water partition coefficient (Wildman–Crippen LogP) is 2.56. The lowest BCUT2D eigenvalue weighted by molar-refractivity contribution is 0.0947. The number of primary sulfonamides is 1. The van der Waals surface area contributed by atoms with Crippen molar-refractivity contribution in [3.05, 3.63) is 27.7 Å². The van der Waals surface area contributed by atoms with Crippen LogP contribution in [-0.4, -0.2) is 20.9 Å². The fraction of sp³-hybridized carbons (Fsp3) is 0.462. The van der Waals surface area contributed by atoms with Crippen LogP contribution in [0, 0.1) is 5.92 Å². The molecule has 0 spiro atoms. The van der Waals surface area contributed by atoms with Crippen molar-refractivity contribution < 1.29 is 13.2 Å². The minimum atomic E-state index is -4.01. The molecule has 1 saturated carbocycles. The molecule has 21 heavy (non-hydrogen) atoms. The molecule has 1 aromatic carbocycles. The minimum Gasteiger partial charge on any atom is -0.352 e. The van der Waals surface area contributed by atoms with Gasteiger partial charge in [0.05, 0.1) is 15.6 Å². The van der Waals surface area contributed by atoms with E-state index >= 15 is 0 Å². The van der Waals surface area contributed by atoms with Crippen LogP contribution in [0.1, 0.15) is 36.0 Å².